The molecule has 0 fully saturated rings. The third-order valence-corrected chi connectivity index (χ3v) is 3.98. The van der Waals surface area contributed by atoms with E-state index in [1.165, 1.54) is 24.3 Å². The van der Waals surface area contributed by atoms with E-state index in [1.54, 1.807) is 0 Å². The molecule has 1 aromatic heterocycles. The van der Waals surface area contributed by atoms with Crippen molar-refractivity contribution in [2.45, 2.75) is 4.90 Å². The van der Waals surface area contributed by atoms with Crippen LogP contribution in [0, 0.1) is 0 Å². The maximum atomic E-state index is 11.1. The SMILES string of the molecule is O=S(=O)(O)c1ccc2nc(-c3ccccc3)cc(O)c2c1. The highest BCUT2D eigenvalue weighted by atomic mass is 32.2. The van der Waals surface area contributed by atoms with Gasteiger partial charge < -0.3 is 5.11 Å². The molecule has 0 aliphatic carbocycles. The number of nitrogens with zero attached hydrogens (tertiary/aromatic N) is 1. The highest BCUT2D eigenvalue weighted by Crippen LogP contribution is 2.30. The van der Waals surface area contributed by atoms with Crippen LogP contribution >= 0.6 is 0 Å². The summed E-state index contributed by atoms with van der Waals surface area (Å²) in [5.74, 6) is -0.0932. The molecular formula is C15H11NO4S. The molecule has 0 spiro atoms. The summed E-state index contributed by atoms with van der Waals surface area (Å²) in [7, 11) is -4.31. The molecule has 2 aromatic carbocycles. The molecule has 0 bridgehead atoms. The lowest BCUT2D eigenvalue weighted by molar-refractivity contribution is 0.480. The topological polar surface area (TPSA) is 87.5 Å². The Morgan fingerprint density at radius 1 is 0.952 bits per heavy atom. The standard InChI is InChI=1S/C15H11NO4S/c17-15-9-14(10-4-2-1-3-5-10)16-13-7-6-11(8-12(13)15)21(18,19)20/h1-9H,(H,16,17)(H,18,19,20). The van der Waals surface area contributed by atoms with Crippen molar-refractivity contribution < 1.29 is 18.1 Å². The van der Waals surface area contributed by atoms with Crippen molar-refractivity contribution in [2.75, 3.05) is 0 Å². The van der Waals surface area contributed by atoms with Gasteiger partial charge >= 0.3 is 0 Å². The minimum Gasteiger partial charge on any atom is -0.507 e. The van der Waals surface area contributed by atoms with E-state index < -0.39 is 10.1 Å². The molecule has 21 heavy (non-hydrogen) atoms. The third kappa shape index (κ3) is 2.58. The van der Waals surface area contributed by atoms with Gasteiger partial charge in [0.2, 0.25) is 0 Å². The van der Waals surface area contributed by atoms with E-state index in [9.17, 15) is 13.5 Å². The molecule has 0 unspecified atom stereocenters. The summed E-state index contributed by atoms with van der Waals surface area (Å²) < 4.78 is 31.3. The quantitative estimate of drug-likeness (QED) is 0.711. The van der Waals surface area contributed by atoms with Crippen LogP contribution in [0.4, 0.5) is 0 Å². The lowest BCUT2D eigenvalue weighted by Crippen LogP contribution is -1.98. The van der Waals surface area contributed by atoms with Crippen LogP contribution in [0.5, 0.6) is 5.75 Å². The first-order valence-electron chi connectivity index (χ1n) is 6.12. The maximum absolute atomic E-state index is 11.1. The van der Waals surface area contributed by atoms with E-state index >= 15 is 0 Å². The van der Waals surface area contributed by atoms with E-state index in [1.807, 2.05) is 30.3 Å². The molecule has 0 aliphatic heterocycles. The molecule has 106 valence electrons. The largest absolute Gasteiger partial charge is 0.507 e. The van der Waals surface area contributed by atoms with Crippen LogP contribution in [0.25, 0.3) is 22.2 Å². The number of hydrogen-bond acceptors (Lipinski definition) is 4. The van der Waals surface area contributed by atoms with E-state index in [0.717, 1.165) is 5.56 Å². The smallest absolute Gasteiger partial charge is 0.294 e. The lowest BCUT2D eigenvalue weighted by atomic mass is 10.1. The van der Waals surface area contributed by atoms with E-state index in [4.69, 9.17) is 4.55 Å². The number of aromatic hydroxyl groups is 1. The fourth-order valence-corrected chi connectivity index (χ4v) is 2.61. The second-order valence-electron chi connectivity index (χ2n) is 4.55. The van der Waals surface area contributed by atoms with Gasteiger partial charge in [0, 0.05) is 17.0 Å². The monoisotopic (exact) mass is 301 g/mol. The fourth-order valence-electron chi connectivity index (χ4n) is 2.10. The summed E-state index contributed by atoms with van der Waals surface area (Å²) in [4.78, 5) is 4.11. The van der Waals surface area contributed by atoms with Gasteiger partial charge in [0.25, 0.3) is 10.1 Å². The first-order chi connectivity index (χ1) is 9.95. The Morgan fingerprint density at radius 3 is 2.33 bits per heavy atom. The van der Waals surface area contributed by atoms with Crippen molar-refractivity contribution in [3.8, 4) is 17.0 Å². The van der Waals surface area contributed by atoms with Gasteiger partial charge in [-0.2, -0.15) is 8.42 Å². The number of pyridine rings is 1. The molecule has 3 rings (SSSR count). The highest BCUT2D eigenvalue weighted by molar-refractivity contribution is 7.85. The summed E-state index contributed by atoms with van der Waals surface area (Å²) in [6.07, 6.45) is 0. The van der Waals surface area contributed by atoms with Gasteiger partial charge in [0.05, 0.1) is 16.1 Å². The van der Waals surface area contributed by atoms with Crippen molar-refractivity contribution in [3.05, 3.63) is 54.6 Å². The molecule has 0 saturated carbocycles. The van der Waals surface area contributed by atoms with Crippen LogP contribution in [0.15, 0.2) is 59.5 Å². The second-order valence-corrected chi connectivity index (χ2v) is 5.97. The summed E-state index contributed by atoms with van der Waals surface area (Å²) in [5, 5.41) is 10.4. The van der Waals surface area contributed by atoms with E-state index in [2.05, 4.69) is 4.98 Å². The molecule has 0 atom stereocenters. The van der Waals surface area contributed by atoms with Gasteiger partial charge in [-0.1, -0.05) is 30.3 Å². The molecule has 0 aliphatic rings. The summed E-state index contributed by atoms with van der Waals surface area (Å²) in [6, 6.07) is 14.7. The Morgan fingerprint density at radius 2 is 1.67 bits per heavy atom. The van der Waals surface area contributed by atoms with Crippen molar-refractivity contribution >= 4 is 21.0 Å². The average Bonchev–Trinajstić information content (AvgIpc) is 2.47. The zero-order chi connectivity index (χ0) is 15.0. The molecule has 0 amide bonds. The zero-order valence-electron chi connectivity index (χ0n) is 10.8. The van der Waals surface area contributed by atoms with Crippen LogP contribution in [0.3, 0.4) is 0 Å². The van der Waals surface area contributed by atoms with E-state index in [0.29, 0.717) is 11.2 Å². The number of benzene rings is 2. The molecule has 6 heteroatoms. The Hall–Kier alpha value is -2.44. The number of fused-ring (bicyclic) bond motifs is 1. The minimum absolute atomic E-state index is 0.0932. The fraction of sp³-hybridized carbons (Fsp3) is 0. The van der Waals surface area contributed by atoms with Crippen molar-refractivity contribution in [1.82, 2.24) is 4.98 Å². The zero-order valence-corrected chi connectivity index (χ0v) is 11.6. The van der Waals surface area contributed by atoms with Crippen LogP contribution in [-0.2, 0) is 10.1 Å². The number of rotatable bonds is 2. The Labute approximate surface area is 121 Å². The Kier molecular flexibility index (Phi) is 3.12. The molecule has 0 radical (unpaired) electrons. The Balaban J connectivity index is 2.23. The van der Waals surface area contributed by atoms with Gasteiger partial charge in [-0.15, -0.1) is 0 Å². The first-order valence-corrected chi connectivity index (χ1v) is 7.56. The van der Waals surface area contributed by atoms with Crippen LogP contribution in [0.2, 0.25) is 0 Å². The number of hydrogen-bond donors (Lipinski definition) is 2. The normalized spacial score (nSPS) is 11.7. The Bertz CT molecular complexity index is 921. The second kappa shape index (κ2) is 4.83. The molecule has 2 N–H and O–H groups in total. The van der Waals surface area contributed by atoms with Crippen LogP contribution < -0.4 is 0 Å². The average molecular weight is 301 g/mol. The first kappa shape index (κ1) is 13.5. The maximum Gasteiger partial charge on any atom is 0.294 e. The third-order valence-electron chi connectivity index (χ3n) is 3.13. The molecule has 5 nitrogen and oxygen atoms in total. The summed E-state index contributed by atoms with van der Waals surface area (Å²) in [6.45, 7) is 0. The van der Waals surface area contributed by atoms with Gasteiger partial charge in [0.15, 0.2) is 0 Å². The molecule has 0 saturated heterocycles. The van der Waals surface area contributed by atoms with Gasteiger partial charge in [-0.25, -0.2) is 4.98 Å². The lowest BCUT2D eigenvalue weighted by Gasteiger charge is -2.07. The van der Waals surface area contributed by atoms with Crippen molar-refractivity contribution in [2.24, 2.45) is 0 Å². The summed E-state index contributed by atoms with van der Waals surface area (Å²) >= 11 is 0. The highest BCUT2D eigenvalue weighted by Gasteiger charge is 2.13. The summed E-state index contributed by atoms with van der Waals surface area (Å²) in [5.41, 5.74) is 1.87. The van der Waals surface area contributed by atoms with Crippen molar-refractivity contribution in [3.63, 3.8) is 0 Å². The number of aromatic nitrogens is 1. The predicted octanol–water partition coefficient (Wildman–Crippen LogP) is 2.85. The van der Waals surface area contributed by atoms with Gasteiger partial charge in [-0.3, -0.25) is 4.55 Å². The minimum atomic E-state index is -4.31. The van der Waals surface area contributed by atoms with Crippen molar-refractivity contribution in [1.29, 1.82) is 0 Å². The van der Waals surface area contributed by atoms with Crippen LogP contribution in [-0.4, -0.2) is 23.1 Å². The molecule has 1 heterocycles. The van der Waals surface area contributed by atoms with Crippen LogP contribution in [0.1, 0.15) is 0 Å². The molecule has 3 aromatic rings. The molecular weight excluding hydrogens is 290 g/mol. The van der Waals surface area contributed by atoms with Gasteiger partial charge in [0.1, 0.15) is 5.75 Å². The van der Waals surface area contributed by atoms with Gasteiger partial charge in [-0.05, 0) is 18.2 Å². The predicted molar refractivity (Wildman–Crippen MR) is 78.7 cm³/mol. The van der Waals surface area contributed by atoms with E-state index in [-0.39, 0.29) is 16.0 Å².